The Hall–Kier alpha value is -3.09. The Morgan fingerprint density at radius 3 is 2.35 bits per heavy atom. The molecule has 0 unspecified atom stereocenters. The summed E-state index contributed by atoms with van der Waals surface area (Å²) in [4.78, 5) is 25.2. The molecular weight excluding hydrogens is 340 g/mol. The number of hydrogen-bond acceptors (Lipinski definition) is 3. The van der Waals surface area contributed by atoms with Crippen LogP contribution >= 0.6 is 0 Å². The first kappa shape index (κ1) is 17.7. The van der Waals surface area contributed by atoms with E-state index in [4.69, 9.17) is 0 Å². The second-order valence-corrected chi connectivity index (χ2v) is 6.39. The maximum absolute atomic E-state index is 13.3. The number of nitrogens with one attached hydrogen (secondary N) is 1. The van der Waals surface area contributed by atoms with Gasteiger partial charge in [0.1, 0.15) is 11.6 Å². The van der Waals surface area contributed by atoms with E-state index in [1.165, 1.54) is 4.68 Å². The van der Waals surface area contributed by atoms with Gasteiger partial charge in [0.25, 0.3) is 11.5 Å². The van der Waals surface area contributed by atoms with Crippen molar-refractivity contribution in [2.24, 2.45) is 5.92 Å². The first-order valence-electron chi connectivity index (χ1n) is 8.12. The minimum absolute atomic E-state index is 0.0190. The molecule has 0 radical (unpaired) electrons. The van der Waals surface area contributed by atoms with Crippen LogP contribution in [0.15, 0.2) is 47.3 Å². The molecule has 7 heteroatoms. The van der Waals surface area contributed by atoms with E-state index in [9.17, 15) is 18.4 Å². The normalized spacial score (nSPS) is 11.1. The fraction of sp³-hybridized carbons (Fsp3) is 0.211. The van der Waals surface area contributed by atoms with E-state index in [1.54, 1.807) is 24.3 Å². The van der Waals surface area contributed by atoms with Crippen molar-refractivity contribution >= 4 is 22.4 Å². The molecule has 0 fully saturated rings. The van der Waals surface area contributed by atoms with Crippen molar-refractivity contribution in [3.8, 4) is 0 Å². The van der Waals surface area contributed by atoms with Crippen LogP contribution < -0.4 is 10.9 Å². The van der Waals surface area contributed by atoms with Crippen LogP contribution in [0.1, 0.15) is 24.3 Å². The third-order valence-corrected chi connectivity index (χ3v) is 3.74. The Bertz CT molecular complexity index is 1020. The van der Waals surface area contributed by atoms with Gasteiger partial charge in [-0.25, -0.2) is 13.5 Å². The number of anilines is 1. The predicted molar refractivity (Wildman–Crippen MR) is 95.2 cm³/mol. The van der Waals surface area contributed by atoms with Crippen molar-refractivity contribution in [2.45, 2.75) is 20.4 Å². The largest absolute Gasteiger partial charge is 0.320 e. The fourth-order valence-corrected chi connectivity index (χ4v) is 2.69. The van der Waals surface area contributed by atoms with Crippen LogP contribution in [0.2, 0.25) is 0 Å². The highest BCUT2D eigenvalue weighted by Crippen LogP contribution is 2.17. The summed E-state index contributed by atoms with van der Waals surface area (Å²) >= 11 is 0. The SMILES string of the molecule is CC(C)Cn1nc(C(=O)Nc2cc(F)cc(F)c2)c2ccccc2c1=O. The topological polar surface area (TPSA) is 64.0 Å². The summed E-state index contributed by atoms with van der Waals surface area (Å²) in [5, 5.41) is 7.36. The lowest BCUT2D eigenvalue weighted by molar-refractivity contribution is 0.102. The highest BCUT2D eigenvalue weighted by Gasteiger charge is 2.17. The van der Waals surface area contributed by atoms with Gasteiger partial charge in [0, 0.05) is 23.7 Å². The molecule has 0 atom stereocenters. The standard InChI is InChI=1S/C19H17F2N3O2/c1-11(2)10-24-19(26)16-6-4-3-5-15(16)17(23-24)18(25)22-14-8-12(20)7-13(21)9-14/h3-9,11H,10H2,1-2H3,(H,22,25). The molecule has 134 valence electrons. The van der Waals surface area contributed by atoms with Crippen LogP contribution in [0.25, 0.3) is 10.8 Å². The third kappa shape index (κ3) is 3.61. The van der Waals surface area contributed by atoms with E-state index < -0.39 is 17.5 Å². The van der Waals surface area contributed by atoms with Crippen LogP contribution in [0.5, 0.6) is 0 Å². The maximum Gasteiger partial charge on any atom is 0.276 e. The average molecular weight is 357 g/mol. The Morgan fingerprint density at radius 2 is 1.73 bits per heavy atom. The van der Waals surface area contributed by atoms with Crippen LogP contribution in [0.4, 0.5) is 14.5 Å². The molecule has 5 nitrogen and oxygen atoms in total. The summed E-state index contributed by atoms with van der Waals surface area (Å²) in [5.41, 5.74) is -0.298. The number of nitrogens with zero attached hydrogens (tertiary/aromatic N) is 2. The van der Waals surface area contributed by atoms with Crippen molar-refractivity contribution in [1.82, 2.24) is 9.78 Å². The minimum atomic E-state index is -0.803. The molecule has 2 aromatic carbocycles. The molecule has 0 aliphatic rings. The molecule has 1 N–H and O–H groups in total. The zero-order valence-electron chi connectivity index (χ0n) is 14.3. The molecular formula is C19H17F2N3O2. The zero-order chi connectivity index (χ0) is 18.8. The van der Waals surface area contributed by atoms with E-state index in [1.807, 2.05) is 13.8 Å². The Labute approximate surface area is 148 Å². The lowest BCUT2D eigenvalue weighted by Gasteiger charge is -2.12. The molecule has 3 aromatic rings. The Kier molecular flexibility index (Phi) is 4.79. The van der Waals surface area contributed by atoms with E-state index in [-0.39, 0.29) is 22.9 Å². The monoisotopic (exact) mass is 357 g/mol. The van der Waals surface area contributed by atoms with Crippen molar-refractivity contribution in [3.63, 3.8) is 0 Å². The number of rotatable bonds is 4. The summed E-state index contributed by atoms with van der Waals surface area (Å²) in [5.74, 6) is -2.11. The summed E-state index contributed by atoms with van der Waals surface area (Å²) in [6.45, 7) is 4.20. The van der Waals surface area contributed by atoms with Crippen molar-refractivity contribution in [3.05, 3.63) is 70.1 Å². The van der Waals surface area contributed by atoms with Gasteiger partial charge in [-0.1, -0.05) is 32.0 Å². The summed E-state index contributed by atoms with van der Waals surface area (Å²) in [6, 6.07) is 9.36. The molecule has 0 spiro atoms. The molecule has 0 bridgehead atoms. The third-order valence-electron chi connectivity index (χ3n) is 3.74. The molecule has 1 heterocycles. The number of fused-ring (bicyclic) bond motifs is 1. The Balaban J connectivity index is 2.09. The van der Waals surface area contributed by atoms with Gasteiger partial charge in [-0.05, 0) is 24.1 Å². The van der Waals surface area contributed by atoms with Gasteiger partial charge in [-0.2, -0.15) is 5.10 Å². The summed E-state index contributed by atoms with van der Waals surface area (Å²) in [7, 11) is 0. The predicted octanol–water partition coefficient (Wildman–Crippen LogP) is 3.58. The lowest BCUT2D eigenvalue weighted by Crippen LogP contribution is -2.29. The minimum Gasteiger partial charge on any atom is -0.320 e. The van der Waals surface area contributed by atoms with Crippen LogP contribution in [-0.4, -0.2) is 15.7 Å². The van der Waals surface area contributed by atoms with Crippen molar-refractivity contribution < 1.29 is 13.6 Å². The van der Waals surface area contributed by atoms with Gasteiger partial charge in [-0.3, -0.25) is 9.59 Å². The number of halogens is 2. The van der Waals surface area contributed by atoms with Crippen LogP contribution in [-0.2, 0) is 6.54 Å². The number of carbonyl (C=O) groups excluding carboxylic acids is 1. The lowest BCUT2D eigenvalue weighted by atomic mass is 10.1. The van der Waals surface area contributed by atoms with Gasteiger partial charge < -0.3 is 5.32 Å². The van der Waals surface area contributed by atoms with Gasteiger partial charge in [0.05, 0.1) is 5.39 Å². The van der Waals surface area contributed by atoms with Gasteiger partial charge in [0.15, 0.2) is 5.69 Å². The second kappa shape index (κ2) is 7.03. The fourth-order valence-electron chi connectivity index (χ4n) is 2.69. The molecule has 0 aliphatic heterocycles. The number of aromatic nitrogens is 2. The second-order valence-electron chi connectivity index (χ2n) is 6.39. The van der Waals surface area contributed by atoms with Crippen LogP contribution in [0, 0.1) is 17.6 Å². The van der Waals surface area contributed by atoms with E-state index in [0.29, 0.717) is 23.4 Å². The van der Waals surface area contributed by atoms with Gasteiger partial charge in [-0.15, -0.1) is 0 Å². The Morgan fingerprint density at radius 1 is 1.12 bits per heavy atom. The molecule has 0 aliphatic carbocycles. The van der Waals surface area contributed by atoms with Gasteiger partial charge in [0.2, 0.25) is 0 Å². The van der Waals surface area contributed by atoms with Crippen molar-refractivity contribution in [2.75, 3.05) is 5.32 Å². The molecule has 1 amide bonds. The van der Waals surface area contributed by atoms with Gasteiger partial charge >= 0.3 is 0 Å². The number of amides is 1. The highest BCUT2D eigenvalue weighted by molar-refractivity contribution is 6.11. The summed E-state index contributed by atoms with van der Waals surface area (Å²) in [6.07, 6.45) is 0. The van der Waals surface area contributed by atoms with Crippen LogP contribution in [0.3, 0.4) is 0 Å². The number of hydrogen-bond donors (Lipinski definition) is 1. The first-order chi connectivity index (χ1) is 12.3. The van der Waals surface area contributed by atoms with Crippen molar-refractivity contribution in [1.29, 1.82) is 0 Å². The summed E-state index contributed by atoms with van der Waals surface area (Å²) < 4.78 is 27.9. The molecule has 1 aromatic heterocycles. The molecule has 0 saturated carbocycles. The quantitative estimate of drug-likeness (QED) is 0.776. The number of benzene rings is 2. The number of carbonyl (C=O) groups is 1. The zero-order valence-corrected chi connectivity index (χ0v) is 14.3. The van der Waals surface area contributed by atoms with E-state index in [0.717, 1.165) is 12.1 Å². The first-order valence-corrected chi connectivity index (χ1v) is 8.12. The average Bonchev–Trinajstić information content (AvgIpc) is 2.56. The van der Waals surface area contributed by atoms with E-state index in [2.05, 4.69) is 10.4 Å². The molecule has 26 heavy (non-hydrogen) atoms. The smallest absolute Gasteiger partial charge is 0.276 e. The maximum atomic E-state index is 13.3. The molecule has 0 saturated heterocycles. The highest BCUT2D eigenvalue weighted by atomic mass is 19.1. The molecule has 3 rings (SSSR count). The van der Waals surface area contributed by atoms with E-state index >= 15 is 0 Å².